The van der Waals surface area contributed by atoms with Gasteiger partial charge in [-0.25, -0.2) is 4.39 Å². The fraction of sp³-hybridized carbons (Fsp3) is 0.276. The highest BCUT2D eigenvalue weighted by Crippen LogP contribution is 2.32. The third kappa shape index (κ3) is 5.10. The number of piperidine rings is 1. The topological polar surface area (TPSA) is 117 Å². The lowest BCUT2D eigenvalue weighted by Gasteiger charge is -2.43. The molecule has 196 valence electrons. The Balaban J connectivity index is 1.28. The van der Waals surface area contributed by atoms with E-state index >= 15 is 0 Å². The maximum atomic E-state index is 13.4. The summed E-state index contributed by atoms with van der Waals surface area (Å²) in [4.78, 5) is 40.6. The number of carbonyl (C=O) groups is 3. The predicted octanol–water partition coefficient (Wildman–Crippen LogP) is 4.01. The molecular weight excluding hydrogens is 485 g/mol. The molecule has 0 radical (unpaired) electrons. The summed E-state index contributed by atoms with van der Waals surface area (Å²) in [5, 5.41) is 9.07. The number of nitrogens with one attached hydrogen (secondary N) is 3. The average Bonchev–Trinajstić information content (AvgIpc) is 3.37. The molecule has 5 N–H and O–H groups in total. The highest BCUT2D eigenvalue weighted by atomic mass is 19.1. The number of nitrogen functional groups attached to an aromatic ring is 1. The number of hydrogen-bond donors (Lipinski definition) is 4. The Morgan fingerprint density at radius 3 is 2.26 bits per heavy atom. The molecule has 9 heteroatoms. The van der Waals surface area contributed by atoms with Crippen molar-refractivity contribution in [1.29, 1.82) is 0 Å². The third-order valence-corrected chi connectivity index (χ3v) is 7.33. The van der Waals surface area contributed by atoms with Crippen LogP contribution in [0.5, 0.6) is 0 Å². The maximum absolute atomic E-state index is 13.4. The number of halogens is 1. The average molecular weight is 516 g/mol. The highest BCUT2D eigenvalue weighted by molar-refractivity contribution is 6.07. The van der Waals surface area contributed by atoms with Crippen LogP contribution in [0.2, 0.25) is 0 Å². The second kappa shape index (κ2) is 10.6. The molecule has 8 nitrogen and oxygen atoms in total. The Morgan fingerprint density at radius 2 is 1.61 bits per heavy atom. The number of likely N-dealkylation sites (tertiary alicyclic amines) is 1. The van der Waals surface area contributed by atoms with E-state index in [2.05, 4.69) is 16.0 Å². The molecule has 2 fully saturated rings. The fourth-order valence-corrected chi connectivity index (χ4v) is 5.19. The maximum Gasteiger partial charge on any atom is 0.255 e. The monoisotopic (exact) mass is 515 g/mol. The van der Waals surface area contributed by atoms with Gasteiger partial charge in [-0.3, -0.25) is 14.4 Å². The first-order chi connectivity index (χ1) is 18.4. The van der Waals surface area contributed by atoms with Gasteiger partial charge in [0.15, 0.2) is 0 Å². The SMILES string of the molecule is Nc1ccc(-c2ccc(F)cc2)cc1NC(=O)c1ccc(NC(=O)C2(N3CCCC3=O)CCNCC2)cc1. The molecule has 3 amide bonds. The lowest BCUT2D eigenvalue weighted by molar-refractivity contribution is -0.143. The Bertz CT molecular complexity index is 1350. The molecule has 0 saturated carbocycles. The van der Waals surface area contributed by atoms with Crippen LogP contribution in [0, 0.1) is 5.82 Å². The van der Waals surface area contributed by atoms with Gasteiger partial charge in [-0.15, -0.1) is 0 Å². The lowest BCUT2D eigenvalue weighted by atomic mass is 9.85. The zero-order valence-corrected chi connectivity index (χ0v) is 20.9. The van der Waals surface area contributed by atoms with E-state index in [0.29, 0.717) is 61.5 Å². The van der Waals surface area contributed by atoms with E-state index in [1.54, 1.807) is 59.5 Å². The number of anilines is 3. The minimum atomic E-state index is -0.859. The van der Waals surface area contributed by atoms with E-state index in [-0.39, 0.29) is 23.5 Å². The first-order valence-electron chi connectivity index (χ1n) is 12.8. The standard InChI is InChI=1S/C29H30FN5O3/c30-22-8-3-19(4-9-22)21-7-12-24(31)25(18-21)34-27(37)20-5-10-23(11-6-20)33-28(38)29(13-15-32-16-14-29)35-17-1-2-26(35)36/h3-12,18,32H,1-2,13-17,31H2,(H,33,38)(H,34,37). The second-order valence-corrected chi connectivity index (χ2v) is 9.73. The molecule has 0 unspecified atom stereocenters. The number of amides is 3. The summed E-state index contributed by atoms with van der Waals surface area (Å²) in [5.41, 5.74) is 8.59. The van der Waals surface area contributed by atoms with Gasteiger partial charge in [0.1, 0.15) is 11.4 Å². The summed E-state index contributed by atoms with van der Waals surface area (Å²) in [6, 6.07) is 17.9. The van der Waals surface area contributed by atoms with Crippen molar-refractivity contribution in [2.24, 2.45) is 0 Å². The van der Waals surface area contributed by atoms with Gasteiger partial charge in [-0.1, -0.05) is 18.2 Å². The Kier molecular flexibility index (Phi) is 7.11. The van der Waals surface area contributed by atoms with Crippen LogP contribution in [0.3, 0.4) is 0 Å². The molecule has 0 aliphatic carbocycles. The van der Waals surface area contributed by atoms with Crippen molar-refractivity contribution in [1.82, 2.24) is 10.2 Å². The molecular formula is C29H30FN5O3. The highest BCUT2D eigenvalue weighted by Gasteiger charge is 2.48. The Labute approximate surface area is 220 Å². The number of benzene rings is 3. The lowest BCUT2D eigenvalue weighted by Crippen LogP contribution is -2.61. The van der Waals surface area contributed by atoms with Crippen LogP contribution in [0.15, 0.2) is 66.7 Å². The van der Waals surface area contributed by atoms with E-state index < -0.39 is 5.54 Å². The van der Waals surface area contributed by atoms with Gasteiger partial charge >= 0.3 is 0 Å². The molecule has 5 rings (SSSR count). The summed E-state index contributed by atoms with van der Waals surface area (Å²) in [5.74, 6) is -0.857. The summed E-state index contributed by atoms with van der Waals surface area (Å²) in [7, 11) is 0. The van der Waals surface area contributed by atoms with Gasteiger partial charge in [0.05, 0.1) is 11.4 Å². The quantitative estimate of drug-likeness (QED) is 0.370. The van der Waals surface area contributed by atoms with Crippen LogP contribution < -0.4 is 21.7 Å². The fourth-order valence-electron chi connectivity index (χ4n) is 5.19. The molecule has 0 bridgehead atoms. The van der Waals surface area contributed by atoms with Gasteiger partial charge < -0.3 is 26.6 Å². The molecule has 2 heterocycles. The van der Waals surface area contributed by atoms with Crippen LogP contribution in [-0.4, -0.2) is 47.8 Å². The summed E-state index contributed by atoms with van der Waals surface area (Å²) < 4.78 is 13.3. The van der Waals surface area contributed by atoms with Crippen LogP contribution in [0.25, 0.3) is 11.1 Å². The van der Waals surface area contributed by atoms with Gasteiger partial charge in [0.25, 0.3) is 5.91 Å². The van der Waals surface area contributed by atoms with Crippen molar-refractivity contribution in [3.63, 3.8) is 0 Å². The van der Waals surface area contributed by atoms with E-state index in [4.69, 9.17) is 5.73 Å². The van der Waals surface area contributed by atoms with Crippen molar-refractivity contribution in [3.8, 4) is 11.1 Å². The molecule has 3 aromatic carbocycles. The minimum Gasteiger partial charge on any atom is -0.397 e. The molecule has 2 aliphatic heterocycles. The van der Waals surface area contributed by atoms with Crippen molar-refractivity contribution in [2.75, 3.05) is 36.0 Å². The van der Waals surface area contributed by atoms with Crippen molar-refractivity contribution in [2.45, 2.75) is 31.2 Å². The largest absolute Gasteiger partial charge is 0.397 e. The first-order valence-corrected chi connectivity index (χ1v) is 12.8. The second-order valence-electron chi connectivity index (χ2n) is 9.73. The minimum absolute atomic E-state index is 0.0249. The number of rotatable bonds is 6. The van der Waals surface area contributed by atoms with E-state index in [0.717, 1.165) is 17.5 Å². The first kappa shape index (κ1) is 25.4. The third-order valence-electron chi connectivity index (χ3n) is 7.33. The molecule has 3 aromatic rings. The zero-order valence-electron chi connectivity index (χ0n) is 20.9. The van der Waals surface area contributed by atoms with Crippen molar-refractivity contribution >= 4 is 34.8 Å². The van der Waals surface area contributed by atoms with Crippen LogP contribution in [0.1, 0.15) is 36.0 Å². The van der Waals surface area contributed by atoms with Gasteiger partial charge in [0, 0.05) is 24.2 Å². The molecule has 38 heavy (non-hydrogen) atoms. The molecule has 2 aliphatic rings. The normalized spacial score (nSPS) is 16.8. The van der Waals surface area contributed by atoms with E-state index in [9.17, 15) is 18.8 Å². The summed E-state index contributed by atoms with van der Waals surface area (Å²) >= 11 is 0. The van der Waals surface area contributed by atoms with Gasteiger partial charge in [-0.05, 0) is 92.0 Å². The van der Waals surface area contributed by atoms with Gasteiger partial charge in [-0.2, -0.15) is 0 Å². The van der Waals surface area contributed by atoms with Crippen LogP contribution in [-0.2, 0) is 9.59 Å². The molecule has 0 spiro atoms. The van der Waals surface area contributed by atoms with Crippen molar-refractivity contribution in [3.05, 3.63) is 78.1 Å². The van der Waals surface area contributed by atoms with Crippen LogP contribution in [0.4, 0.5) is 21.5 Å². The summed E-state index contributed by atoms with van der Waals surface area (Å²) in [6.45, 7) is 1.93. The molecule has 0 aromatic heterocycles. The van der Waals surface area contributed by atoms with Crippen molar-refractivity contribution < 1.29 is 18.8 Å². The Morgan fingerprint density at radius 1 is 0.921 bits per heavy atom. The molecule has 0 atom stereocenters. The smallest absolute Gasteiger partial charge is 0.255 e. The van der Waals surface area contributed by atoms with Crippen LogP contribution >= 0.6 is 0 Å². The summed E-state index contributed by atoms with van der Waals surface area (Å²) in [6.07, 6.45) is 2.36. The number of nitrogens with zero attached hydrogens (tertiary/aromatic N) is 1. The van der Waals surface area contributed by atoms with E-state index in [1.807, 2.05) is 0 Å². The zero-order chi connectivity index (χ0) is 26.7. The Hall–Kier alpha value is -4.24. The number of carbonyl (C=O) groups excluding carboxylic acids is 3. The predicted molar refractivity (Wildman–Crippen MR) is 145 cm³/mol. The number of nitrogens with two attached hydrogens (primary N) is 1. The molecule has 2 saturated heterocycles. The van der Waals surface area contributed by atoms with E-state index in [1.165, 1.54) is 12.1 Å². The number of hydrogen-bond acceptors (Lipinski definition) is 5. The van der Waals surface area contributed by atoms with Gasteiger partial charge in [0.2, 0.25) is 11.8 Å².